The SMILES string of the molecule is O=C(NC(CO)C1CCSCC1)c1csc(-c2cccs2)n1. The van der Waals surface area contributed by atoms with Gasteiger partial charge in [-0.1, -0.05) is 6.07 Å². The molecule has 1 saturated heterocycles. The maximum absolute atomic E-state index is 12.4. The fourth-order valence-electron chi connectivity index (χ4n) is 2.56. The zero-order valence-corrected chi connectivity index (χ0v) is 14.5. The number of amides is 1. The van der Waals surface area contributed by atoms with Crippen molar-refractivity contribution < 1.29 is 9.90 Å². The van der Waals surface area contributed by atoms with Gasteiger partial charge in [0.2, 0.25) is 0 Å². The number of thioether (sulfide) groups is 1. The number of aromatic nitrogens is 1. The van der Waals surface area contributed by atoms with Crippen LogP contribution in [0.5, 0.6) is 0 Å². The Balaban J connectivity index is 1.65. The molecule has 3 rings (SSSR count). The van der Waals surface area contributed by atoms with Gasteiger partial charge in [-0.25, -0.2) is 4.98 Å². The van der Waals surface area contributed by atoms with Gasteiger partial charge in [0.05, 0.1) is 17.5 Å². The number of aliphatic hydroxyl groups is 1. The largest absolute Gasteiger partial charge is 0.394 e. The smallest absolute Gasteiger partial charge is 0.271 e. The van der Waals surface area contributed by atoms with Crippen LogP contribution in [0.25, 0.3) is 9.88 Å². The van der Waals surface area contributed by atoms with Crippen molar-refractivity contribution in [3.63, 3.8) is 0 Å². The number of aliphatic hydroxyl groups excluding tert-OH is 1. The van der Waals surface area contributed by atoms with Crippen molar-refractivity contribution in [1.82, 2.24) is 10.3 Å². The second kappa shape index (κ2) is 7.59. The Morgan fingerprint density at radius 1 is 1.41 bits per heavy atom. The molecular weight excluding hydrogens is 336 g/mol. The Hall–Kier alpha value is -0.890. The van der Waals surface area contributed by atoms with E-state index in [1.54, 1.807) is 16.7 Å². The molecule has 2 aromatic heterocycles. The number of thiazole rings is 1. The first kappa shape index (κ1) is 16.0. The molecule has 1 fully saturated rings. The van der Waals surface area contributed by atoms with Crippen LogP contribution in [0, 0.1) is 5.92 Å². The van der Waals surface area contributed by atoms with Crippen LogP contribution >= 0.6 is 34.4 Å². The Labute approximate surface area is 142 Å². The highest BCUT2D eigenvalue weighted by Crippen LogP contribution is 2.28. The molecule has 1 aliphatic heterocycles. The van der Waals surface area contributed by atoms with Gasteiger partial charge in [-0.05, 0) is 41.7 Å². The maximum atomic E-state index is 12.4. The van der Waals surface area contributed by atoms with Crippen LogP contribution < -0.4 is 5.32 Å². The zero-order valence-electron chi connectivity index (χ0n) is 12.0. The van der Waals surface area contributed by atoms with Gasteiger partial charge < -0.3 is 10.4 Å². The number of nitrogens with zero attached hydrogens (tertiary/aromatic N) is 1. The number of carbonyl (C=O) groups is 1. The number of nitrogens with one attached hydrogen (secondary N) is 1. The van der Waals surface area contributed by atoms with Gasteiger partial charge in [0, 0.05) is 5.38 Å². The third-order valence-electron chi connectivity index (χ3n) is 3.82. The Bertz CT molecular complexity index is 606. The summed E-state index contributed by atoms with van der Waals surface area (Å²) in [6.45, 7) is -0.0109. The van der Waals surface area contributed by atoms with E-state index in [4.69, 9.17) is 0 Å². The molecular formula is C15H18N2O2S3. The molecule has 1 unspecified atom stereocenters. The molecule has 2 N–H and O–H groups in total. The van der Waals surface area contributed by atoms with E-state index in [0.717, 1.165) is 34.2 Å². The fourth-order valence-corrected chi connectivity index (χ4v) is 5.32. The van der Waals surface area contributed by atoms with Crippen LogP contribution in [-0.4, -0.2) is 40.2 Å². The lowest BCUT2D eigenvalue weighted by atomic mass is 9.94. The lowest BCUT2D eigenvalue weighted by Crippen LogP contribution is -2.44. The van der Waals surface area contributed by atoms with E-state index in [9.17, 15) is 9.90 Å². The molecule has 118 valence electrons. The van der Waals surface area contributed by atoms with Gasteiger partial charge in [-0.3, -0.25) is 4.79 Å². The minimum Gasteiger partial charge on any atom is -0.394 e. The van der Waals surface area contributed by atoms with Crippen LogP contribution in [0.15, 0.2) is 22.9 Å². The summed E-state index contributed by atoms with van der Waals surface area (Å²) in [7, 11) is 0. The first-order chi connectivity index (χ1) is 10.8. The summed E-state index contributed by atoms with van der Waals surface area (Å²) in [5.41, 5.74) is 0.442. The highest BCUT2D eigenvalue weighted by atomic mass is 32.2. The summed E-state index contributed by atoms with van der Waals surface area (Å²) in [6.07, 6.45) is 2.10. The van der Waals surface area contributed by atoms with E-state index in [-0.39, 0.29) is 18.6 Å². The third kappa shape index (κ3) is 3.71. The van der Waals surface area contributed by atoms with E-state index in [2.05, 4.69) is 10.3 Å². The molecule has 22 heavy (non-hydrogen) atoms. The van der Waals surface area contributed by atoms with Gasteiger partial charge in [0.25, 0.3) is 5.91 Å². The van der Waals surface area contributed by atoms with E-state index in [1.165, 1.54) is 11.3 Å². The number of carbonyl (C=O) groups excluding carboxylic acids is 1. The van der Waals surface area contributed by atoms with Crippen molar-refractivity contribution in [3.8, 4) is 9.88 Å². The van der Waals surface area contributed by atoms with Crippen molar-refractivity contribution in [2.24, 2.45) is 5.92 Å². The third-order valence-corrected chi connectivity index (χ3v) is 6.75. The molecule has 7 heteroatoms. The predicted molar refractivity (Wildman–Crippen MR) is 93.8 cm³/mol. The van der Waals surface area contributed by atoms with Crippen molar-refractivity contribution in [2.75, 3.05) is 18.1 Å². The maximum Gasteiger partial charge on any atom is 0.271 e. The van der Waals surface area contributed by atoms with Gasteiger partial charge >= 0.3 is 0 Å². The molecule has 2 aromatic rings. The second-order valence-electron chi connectivity index (χ2n) is 5.23. The fraction of sp³-hybridized carbons (Fsp3) is 0.467. The molecule has 1 atom stereocenters. The minimum absolute atomic E-state index is 0.0109. The molecule has 3 heterocycles. The molecule has 1 amide bonds. The van der Waals surface area contributed by atoms with Gasteiger partial charge in [0.15, 0.2) is 0 Å². The summed E-state index contributed by atoms with van der Waals surface area (Å²) in [5.74, 6) is 2.40. The quantitative estimate of drug-likeness (QED) is 0.866. The average molecular weight is 355 g/mol. The molecule has 0 radical (unpaired) electrons. The van der Waals surface area contributed by atoms with Crippen molar-refractivity contribution in [2.45, 2.75) is 18.9 Å². The van der Waals surface area contributed by atoms with Crippen molar-refractivity contribution >= 4 is 40.3 Å². The monoisotopic (exact) mass is 354 g/mol. The minimum atomic E-state index is -0.184. The van der Waals surface area contributed by atoms with Crippen LogP contribution in [0.3, 0.4) is 0 Å². The Kier molecular flexibility index (Phi) is 5.51. The van der Waals surface area contributed by atoms with E-state index in [0.29, 0.717) is 11.6 Å². The van der Waals surface area contributed by atoms with Gasteiger partial charge in [0.1, 0.15) is 10.7 Å². The van der Waals surface area contributed by atoms with Crippen LogP contribution in [-0.2, 0) is 0 Å². The number of hydrogen-bond donors (Lipinski definition) is 2. The molecule has 0 bridgehead atoms. The summed E-state index contributed by atoms with van der Waals surface area (Å²) in [6, 6.07) is 3.81. The average Bonchev–Trinajstić information content (AvgIpc) is 3.23. The highest BCUT2D eigenvalue weighted by Gasteiger charge is 2.25. The van der Waals surface area contributed by atoms with Gasteiger partial charge in [-0.2, -0.15) is 11.8 Å². The molecule has 0 spiro atoms. The Morgan fingerprint density at radius 3 is 2.91 bits per heavy atom. The summed E-state index contributed by atoms with van der Waals surface area (Å²) < 4.78 is 0. The van der Waals surface area contributed by atoms with Crippen LogP contribution in [0.4, 0.5) is 0 Å². The normalized spacial score (nSPS) is 17.3. The number of thiophene rings is 1. The summed E-state index contributed by atoms with van der Waals surface area (Å²) >= 11 is 5.03. The van der Waals surface area contributed by atoms with Crippen LogP contribution in [0.1, 0.15) is 23.3 Å². The lowest BCUT2D eigenvalue weighted by molar-refractivity contribution is 0.0880. The first-order valence-corrected chi connectivity index (χ1v) is 10.2. The second-order valence-corrected chi connectivity index (χ2v) is 8.26. The van der Waals surface area contributed by atoms with E-state index >= 15 is 0 Å². The highest BCUT2D eigenvalue weighted by molar-refractivity contribution is 7.99. The van der Waals surface area contributed by atoms with Crippen molar-refractivity contribution in [1.29, 1.82) is 0 Å². The number of hydrogen-bond acceptors (Lipinski definition) is 6. The van der Waals surface area contributed by atoms with E-state index < -0.39 is 0 Å². The topological polar surface area (TPSA) is 62.2 Å². The first-order valence-electron chi connectivity index (χ1n) is 7.27. The van der Waals surface area contributed by atoms with Crippen LogP contribution in [0.2, 0.25) is 0 Å². The molecule has 0 aliphatic carbocycles. The molecule has 0 saturated carbocycles. The number of rotatable bonds is 5. The van der Waals surface area contributed by atoms with Gasteiger partial charge in [-0.15, -0.1) is 22.7 Å². The molecule has 4 nitrogen and oxygen atoms in total. The van der Waals surface area contributed by atoms with E-state index in [1.807, 2.05) is 29.3 Å². The zero-order chi connectivity index (χ0) is 15.4. The van der Waals surface area contributed by atoms with Crippen molar-refractivity contribution in [3.05, 3.63) is 28.6 Å². The Morgan fingerprint density at radius 2 is 2.23 bits per heavy atom. The summed E-state index contributed by atoms with van der Waals surface area (Å²) in [4.78, 5) is 17.9. The standard InChI is InChI=1S/C15H18N2O2S3/c18-8-11(10-3-6-20-7-4-10)16-14(19)12-9-22-15(17-12)13-2-1-5-21-13/h1-2,5,9-11,18H,3-4,6-8H2,(H,16,19). The molecule has 0 aromatic carbocycles. The molecule has 1 aliphatic rings. The summed E-state index contributed by atoms with van der Waals surface area (Å²) in [5, 5.41) is 17.2. The predicted octanol–water partition coefficient (Wildman–Crippen LogP) is 3.11. The lowest BCUT2D eigenvalue weighted by Gasteiger charge is -2.29.